The lowest BCUT2D eigenvalue weighted by Crippen LogP contribution is -2.42. The maximum atomic E-state index is 12.7. The van der Waals surface area contributed by atoms with E-state index in [4.69, 9.17) is 21.6 Å². The summed E-state index contributed by atoms with van der Waals surface area (Å²) in [6.45, 7) is 14.0. The summed E-state index contributed by atoms with van der Waals surface area (Å²) >= 11 is 0. The fourth-order valence-electron chi connectivity index (χ4n) is 4.83. The van der Waals surface area contributed by atoms with Gasteiger partial charge < -0.3 is 24.3 Å². The Kier molecular flexibility index (Phi) is 7.79. The van der Waals surface area contributed by atoms with Gasteiger partial charge >= 0.3 is 0 Å². The third kappa shape index (κ3) is 5.53. The lowest BCUT2D eigenvalue weighted by atomic mass is 10.0. The SMILES string of the molecule is [CH]c1ccc(N(c2ncc3c(n2)N(CCC(C)C)CCC(=O)N3C)C2CCN(C)CC2)c(OC)c1. The molecule has 0 N–H and O–H groups in total. The van der Waals surface area contributed by atoms with E-state index in [-0.39, 0.29) is 11.9 Å². The zero-order chi connectivity index (χ0) is 25.1. The number of aromatic nitrogens is 2. The molecule has 1 amide bonds. The number of carbonyl (C=O) groups excluding carboxylic acids is 1. The van der Waals surface area contributed by atoms with Crippen molar-refractivity contribution < 1.29 is 9.53 Å². The molecule has 0 spiro atoms. The average molecular weight is 479 g/mol. The molecule has 1 saturated heterocycles. The van der Waals surface area contributed by atoms with Crippen molar-refractivity contribution in [3.05, 3.63) is 36.9 Å². The average Bonchev–Trinajstić information content (AvgIpc) is 2.96. The molecule has 1 aromatic heterocycles. The van der Waals surface area contributed by atoms with E-state index in [9.17, 15) is 4.79 Å². The number of hydrogen-bond acceptors (Lipinski definition) is 7. The Hall–Kier alpha value is -2.87. The Balaban J connectivity index is 1.81. The Morgan fingerprint density at radius 1 is 1.20 bits per heavy atom. The molecule has 35 heavy (non-hydrogen) atoms. The molecule has 0 bridgehead atoms. The number of likely N-dealkylation sites (tertiary alicyclic amines) is 1. The van der Waals surface area contributed by atoms with Gasteiger partial charge in [0.25, 0.3) is 0 Å². The minimum absolute atomic E-state index is 0.0852. The van der Waals surface area contributed by atoms with Crippen LogP contribution in [-0.4, -0.2) is 74.2 Å². The van der Waals surface area contributed by atoms with Gasteiger partial charge in [0.2, 0.25) is 11.9 Å². The predicted octanol–water partition coefficient (Wildman–Crippen LogP) is 4.00. The van der Waals surface area contributed by atoms with Crippen LogP contribution in [0.5, 0.6) is 5.75 Å². The van der Waals surface area contributed by atoms with Gasteiger partial charge in [0.15, 0.2) is 5.82 Å². The highest BCUT2D eigenvalue weighted by molar-refractivity contribution is 5.97. The molecule has 1 fully saturated rings. The Morgan fingerprint density at radius 2 is 1.94 bits per heavy atom. The first-order chi connectivity index (χ1) is 16.8. The number of amides is 1. The molecule has 2 aliphatic rings. The van der Waals surface area contributed by atoms with Crippen LogP contribution in [0, 0.1) is 12.8 Å². The fraction of sp³-hybridized carbons (Fsp3) is 0.556. The molecule has 1 aromatic carbocycles. The molecule has 0 atom stereocenters. The van der Waals surface area contributed by atoms with Crippen LogP contribution in [0.3, 0.4) is 0 Å². The minimum Gasteiger partial charge on any atom is -0.495 e. The molecule has 2 aliphatic heterocycles. The van der Waals surface area contributed by atoms with Crippen LogP contribution in [0.25, 0.3) is 0 Å². The maximum Gasteiger partial charge on any atom is 0.232 e. The van der Waals surface area contributed by atoms with Crippen molar-refractivity contribution in [2.24, 2.45) is 5.92 Å². The van der Waals surface area contributed by atoms with E-state index in [0.29, 0.717) is 36.1 Å². The van der Waals surface area contributed by atoms with E-state index in [2.05, 4.69) is 35.6 Å². The molecular formula is C27H38N6O2. The van der Waals surface area contributed by atoms with Gasteiger partial charge in [-0.05, 0) is 69.9 Å². The van der Waals surface area contributed by atoms with E-state index in [1.54, 1.807) is 18.2 Å². The molecule has 8 heteroatoms. The van der Waals surface area contributed by atoms with Crippen LogP contribution in [0.1, 0.15) is 45.1 Å². The van der Waals surface area contributed by atoms with E-state index in [1.807, 2.05) is 25.2 Å². The third-order valence-electron chi connectivity index (χ3n) is 7.08. The molecule has 8 nitrogen and oxygen atoms in total. The highest BCUT2D eigenvalue weighted by atomic mass is 16.5. The zero-order valence-electron chi connectivity index (χ0n) is 21.7. The van der Waals surface area contributed by atoms with Gasteiger partial charge in [0, 0.05) is 32.6 Å². The van der Waals surface area contributed by atoms with Gasteiger partial charge in [0.05, 0.1) is 19.0 Å². The summed E-state index contributed by atoms with van der Waals surface area (Å²) in [5, 5.41) is 0. The van der Waals surface area contributed by atoms with Gasteiger partial charge in [-0.1, -0.05) is 19.9 Å². The standard InChI is InChI=1S/C27H38N6O2/c1-19(2)9-15-32-16-12-25(34)31(5)23-18-28-27(29-26(23)32)33(21-10-13-30(4)14-11-21)22-8-7-20(3)17-24(22)35-6/h3,7-8,17-19,21H,9-16H2,1-2,4-6H3. The molecule has 0 aliphatic carbocycles. The predicted molar refractivity (Wildman–Crippen MR) is 141 cm³/mol. The second-order valence-electron chi connectivity index (χ2n) is 10.1. The molecular weight excluding hydrogens is 440 g/mol. The van der Waals surface area contributed by atoms with Crippen LogP contribution in [-0.2, 0) is 4.79 Å². The molecule has 0 unspecified atom stereocenters. The number of rotatable bonds is 7. The van der Waals surface area contributed by atoms with E-state index >= 15 is 0 Å². The first-order valence-corrected chi connectivity index (χ1v) is 12.6. The number of anilines is 4. The number of fused-ring (bicyclic) bond motifs is 1. The highest BCUT2D eigenvalue weighted by Gasteiger charge is 2.31. The molecule has 2 aromatic rings. The number of carbonyl (C=O) groups is 1. The number of hydrogen-bond donors (Lipinski definition) is 0. The van der Waals surface area contributed by atoms with E-state index in [1.165, 1.54) is 0 Å². The van der Waals surface area contributed by atoms with Gasteiger partial charge in [-0.3, -0.25) is 4.79 Å². The van der Waals surface area contributed by atoms with Crippen molar-refractivity contribution in [3.63, 3.8) is 0 Å². The zero-order valence-corrected chi connectivity index (χ0v) is 21.7. The highest BCUT2D eigenvalue weighted by Crippen LogP contribution is 2.39. The second kappa shape index (κ2) is 10.8. The molecule has 0 saturated carbocycles. The number of piperidine rings is 1. The maximum absolute atomic E-state index is 12.7. The summed E-state index contributed by atoms with van der Waals surface area (Å²) in [5.41, 5.74) is 2.31. The van der Waals surface area contributed by atoms with Crippen molar-refractivity contribution in [2.45, 2.75) is 45.6 Å². The third-order valence-corrected chi connectivity index (χ3v) is 7.08. The quantitative estimate of drug-likeness (QED) is 0.596. The summed E-state index contributed by atoms with van der Waals surface area (Å²) in [6, 6.07) is 5.96. The summed E-state index contributed by atoms with van der Waals surface area (Å²) in [6.07, 6.45) is 5.26. The Labute approximate surface area is 209 Å². The molecule has 188 valence electrons. The molecule has 4 rings (SSSR count). The van der Waals surface area contributed by atoms with Gasteiger partial charge in [0.1, 0.15) is 11.4 Å². The topological polar surface area (TPSA) is 65.0 Å². The lowest BCUT2D eigenvalue weighted by molar-refractivity contribution is -0.118. The first kappa shape index (κ1) is 25.2. The van der Waals surface area contributed by atoms with Crippen LogP contribution < -0.4 is 19.4 Å². The monoisotopic (exact) mass is 478 g/mol. The number of methoxy groups -OCH3 is 1. The van der Waals surface area contributed by atoms with E-state index < -0.39 is 0 Å². The second-order valence-corrected chi connectivity index (χ2v) is 10.1. The van der Waals surface area contributed by atoms with Gasteiger partial charge in [-0.15, -0.1) is 0 Å². The summed E-state index contributed by atoms with van der Waals surface area (Å²) in [5.74, 6) is 2.79. The summed E-state index contributed by atoms with van der Waals surface area (Å²) in [4.78, 5) is 31.1. The van der Waals surface area contributed by atoms with Crippen LogP contribution in [0.15, 0.2) is 24.4 Å². The Morgan fingerprint density at radius 3 is 2.63 bits per heavy atom. The van der Waals surface area contributed by atoms with Crippen molar-refractivity contribution in [3.8, 4) is 5.75 Å². The fourth-order valence-corrected chi connectivity index (χ4v) is 4.83. The molecule has 2 radical (unpaired) electrons. The number of ether oxygens (including phenoxy) is 1. The minimum atomic E-state index is 0.0852. The van der Waals surface area contributed by atoms with Crippen LogP contribution >= 0.6 is 0 Å². The first-order valence-electron chi connectivity index (χ1n) is 12.6. The largest absolute Gasteiger partial charge is 0.495 e. The van der Waals surface area contributed by atoms with Gasteiger partial charge in [-0.2, -0.15) is 4.98 Å². The van der Waals surface area contributed by atoms with Crippen molar-refractivity contribution in [1.29, 1.82) is 0 Å². The van der Waals surface area contributed by atoms with Crippen LogP contribution in [0.2, 0.25) is 0 Å². The summed E-state index contributed by atoms with van der Waals surface area (Å²) in [7, 11) is 5.63. The van der Waals surface area contributed by atoms with Crippen molar-refractivity contribution in [2.75, 3.05) is 62.1 Å². The molecule has 3 heterocycles. The number of benzene rings is 1. The van der Waals surface area contributed by atoms with Crippen molar-refractivity contribution in [1.82, 2.24) is 14.9 Å². The van der Waals surface area contributed by atoms with Gasteiger partial charge in [-0.25, -0.2) is 4.98 Å². The lowest BCUT2D eigenvalue weighted by Gasteiger charge is -2.38. The Bertz CT molecular complexity index is 1030. The number of nitrogens with zero attached hydrogens (tertiary/aromatic N) is 6. The normalized spacial score (nSPS) is 17.5. The summed E-state index contributed by atoms with van der Waals surface area (Å²) < 4.78 is 5.74. The van der Waals surface area contributed by atoms with E-state index in [0.717, 1.165) is 56.1 Å². The van der Waals surface area contributed by atoms with Crippen molar-refractivity contribution >= 4 is 29.0 Å². The smallest absolute Gasteiger partial charge is 0.232 e. The van der Waals surface area contributed by atoms with Crippen LogP contribution in [0.4, 0.5) is 23.1 Å².